The van der Waals surface area contributed by atoms with Crippen molar-refractivity contribution in [2.75, 3.05) is 0 Å². The summed E-state index contributed by atoms with van der Waals surface area (Å²) in [4.78, 5) is 0. The van der Waals surface area contributed by atoms with E-state index in [2.05, 4.69) is 0 Å². The molecule has 2 rings (SSSR count). The highest BCUT2D eigenvalue weighted by Gasteiger charge is 2.07. The Labute approximate surface area is 94.8 Å². The largest absolute Gasteiger partial charge is 0.508 e. The number of benzene rings is 2. The summed E-state index contributed by atoms with van der Waals surface area (Å²) in [6, 6.07) is 10.7. The van der Waals surface area contributed by atoms with Crippen molar-refractivity contribution in [2.24, 2.45) is 0 Å². The third-order valence-corrected chi connectivity index (χ3v) is 2.66. The molecular formula is C14H14O2. The van der Waals surface area contributed by atoms with Crippen LogP contribution in [0.3, 0.4) is 0 Å². The molecule has 0 aromatic heterocycles. The molecule has 0 saturated carbocycles. The molecule has 0 spiro atoms. The van der Waals surface area contributed by atoms with Crippen LogP contribution in [0.25, 0.3) is 11.1 Å². The molecule has 0 aliphatic rings. The molecule has 0 fully saturated rings. The molecule has 0 aliphatic carbocycles. The van der Waals surface area contributed by atoms with Crippen molar-refractivity contribution in [3.63, 3.8) is 0 Å². The SMILES string of the molecule is Cc1ccc(-c2cc(O)ccc2C)c(O)c1. The smallest absolute Gasteiger partial charge is 0.123 e. The van der Waals surface area contributed by atoms with Crippen molar-refractivity contribution in [2.45, 2.75) is 13.8 Å². The van der Waals surface area contributed by atoms with Crippen molar-refractivity contribution in [1.29, 1.82) is 0 Å². The van der Waals surface area contributed by atoms with E-state index in [1.54, 1.807) is 18.2 Å². The number of aryl methyl sites for hydroxylation is 2. The molecule has 16 heavy (non-hydrogen) atoms. The van der Waals surface area contributed by atoms with E-state index in [9.17, 15) is 10.2 Å². The van der Waals surface area contributed by atoms with Crippen LogP contribution >= 0.6 is 0 Å². The second kappa shape index (κ2) is 3.89. The molecule has 2 aromatic carbocycles. The molecule has 0 unspecified atom stereocenters. The van der Waals surface area contributed by atoms with E-state index in [0.29, 0.717) is 0 Å². The van der Waals surface area contributed by atoms with Crippen LogP contribution in [0.1, 0.15) is 11.1 Å². The molecular weight excluding hydrogens is 200 g/mol. The maximum atomic E-state index is 9.88. The van der Waals surface area contributed by atoms with E-state index in [1.807, 2.05) is 32.0 Å². The minimum Gasteiger partial charge on any atom is -0.508 e. The van der Waals surface area contributed by atoms with Crippen LogP contribution in [0.2, 0.25) is 0 Å². The molecule has 2 aromatic rings. The Balaban J connectivity index is 2.62. The first-order valence-electron chi connectivity index (χ1n) is 5.17. The lowest BCUT2D eigenvalue weighted by Crippen LogP contribution is -1.84. The predicted molar refractivity (Wildman–Crippen MR) is 64.7 cm³/mol. The number of hydrogen-bond donors (Lipinski definition) is 2. The Morgan fingerprint density at radius 3 is 2.25 bits per heavy atom. The molecule has 2 nitrogen and oxygen atoms in total. The van der Waals surface area contributed by atoms with Gasteiger partial charge in [-0.15, -0.1) is 0 Å². The predicted octanol–water partition coefficient (Wildman–Crippen LogP) is 3.38. The average molecular weight is 214 g/mol. The zero-order valence-corrected chi connectivity index (χ0v) is 9.36. The van der Waals surface area contributed by atoms with Gasteiger partial charge in [-0.3, -0.25) is 0 Å². The van der Waals surface area contributed by atoms with Gasteiger partial charge in [-0.1, -0.05) is 18.2 Å². The van der Waals surface area contributed by atoms with Crippen LogP contribution in [-0.2, 0) is 0 Å². The third kappa shape index (κ3) is 1.87. The van der Waals surface area contributed by atoms with Crippen LogP contribution in [0.15, 0.2) is 36.4 Å². The molecule has 0 radical (unpaired) electrons. The maximum Gasteiger partial charge on any atom is 0.123 e. The van der Waals surface area contributed by atoms with Crippen molar-refractivity contribution < 1.29 is 10.2 Å². The highest BCUT2D eigenvalue weighted by atomic mass is 16.3. The second-order valence-electron chi connectivity index (χ2n) is 4.02. The average Bonchev–Trinajstić information content (AvgIpc) is 2.22. The van der Waals surface area contributed by atoms with E-state index in [0.717, 1.165) is 22.3 Å². The standard InChI is InChI=1S/C14H14O2/c1-9-3-6-12(14(16)7-9)13-8-11(15)5-4-10(13)2/h3-8,15-16H,1-2H3. The van der Waals surface area contributed by atoms with Crippen molar-refractivity contribution >= 4 is 0 Å². The lowest BCUT2D eigenvalue weighted by molar-refractivity contribution is 0.474. The first-order valence-corrected chi connectivity index (χ1v) is 5.17. The number of phenols is 2. The minimum absolute atomic E-state index is 0.209. The summed E-state index contributed by atoms with van der Waals surface area (Å²) in [5.41, 5.74) is 3.65. The van der Waals surface area contributed by atoms with Gasteiger partial charge in [0.15, 0.2) is 0 Å². The van der Waals surface area contributed by atoms with Crippen molar-refractivity contribution in [3.05, 3.63) is 47.5 Å². The van der Waals surface area contributed by atoms with Crippen LogP contribution in [0.5, 0.6) is 11.5 Å². The van der Waals surface area contributed by atoms with Crippen LogP contribution in [0.4, 0.5) is 0 Å². The monoisotopic (exact) mass is 214 g/mol. The summed E-state index contributed by atoms with van der Waals surface area (Å²) in [7, 11) is 0. The van der Waals surface area contributed by atoms with E-state index in [-0.39, 0.29) is 11.5 Å². The molecule has 82 valence electrons. The van der Waals surface area contributed by atoms with E-state index in [4.69, 9.17) is 0 Å². The Kier molecular flexibility index (Phi) is 2.57. The zero-order valence-electron chi connectivity index (χ0n) is 9.36. The fourth-order valence-corrected chi connectivity index (χ4v) is 1.77. The first-order chi connectivity index (χ1) is 7.58. The molecule has 2 heteroatoms. The Morgan fingerprint density at radius 1 is 0.812 bits per heavy atom. The quantitative estimate of drug-likeness (QED) is 0.764. The van der Waals surface area contributed by atoms with Gasteiger partial charge in [-0.2, -0.15) is 0 Å². The molecule has 0 atom stereocenters. The number of aromatic hydroxyl groups is 2. The number of hydrogen-bond acceptors (Lipinski definition) is 2. The second-order valence-corrected chi connectivity index (χ2v) is 4.02. The molecule has 0 amide bonds. The third-order valence-electron chi connectivity index (χ3n) is 2.66. The Hall–Kier alpha value is -1.96. The molecule has 0 saturated heterocycles. The topological polar surface area (TPSA) is 40.5 Å². The Bertz CT molecular complexity index is 530. The number of phenolic OH excluding ortho intramolecular Hbond substituents is 2. The summed E-state index contributed by atoms with van der Waals surface area (Å²) in [5, 5.41) is 19.3. The van der Waals surface area contributed by atoms with Gasteiger partial charge in [-0.05, 0) is 48.7 Å². The van der Waals surface area contributed by atoms with Crippen molar-refractivity contribution in [1.82, 2.24) is 0 Å². The first kappa shape index (κ1) is 10.6. The molecule has 0 aliphatic heterocycles. The van der Waals surface area contributed by atoms with E-state index in [1.165, 1.54) is 0 Å². The summed E-state index contributed by atoms with van der Waals surface area (Å²) in [6.07, 6.45) is 0. The summed E-state index contributed by atoms with van der Waals surface area (Å²) in [5.74, 6) is 0.453. The van der Waals surface area contributed by atoms with Gasteiger partial charge >= 0.3 is 0 Å². The van der Waals surface area contributed by atoms with E-state index >= 15 is 0 Å². The van der Waals surface area contributed by atoms with Crippen LogP contribution in [-0.4, -0.2) is 10.2 Å². The van der Waals surface area contributed by atoms with Gasteiger partial charge in [-0.25, -0.2) is 0 Å². The highest BCUT2D eigenvalue weighted by Crippen LogP contribution is 2.33. The fourth-order valence-electron chi connectivity index (χ4n) is 1.77. The van der Waals surface area contributed by atoms with Crippen molar-refractivity contribution in [3.8, 4) is 22.6 Å². The summed E-state index contributed by atoms with van der Waals surface area (Å²) in [6.45, 7) is 3.88. The summed E-state index contributed by atoms with van der Waals surface area (Å²) < 4.78 is 0. The van der Waals surface area contributed by atoms with Gasteiger partial charge in [0.1, 0.15) is 11.5 Å². The lowest BCUT2D eigenvalue weighted by atomic mass is 9.98. The zero-order chi connectivity index (χ0) is 11.7. The fraction of sp³-hybridized carbons (Fsp3) is 0.143. The Morgan fingerprint density at radius 2 is 1.56 bits per heavy atom. The maximum absolute atomic E-state index is 9.88. The molecule has 0 bridgehead atoms. The van der Waals surface area contributed by atoms with Gasteiger partial charge in [0.25, 0.3) is 0 Å². The number of rotatable bonds is 1. The van der Waals surface area contributed by atoms with Gasteiger partial charge in [0.05, 0.1) is 0 Å². The minimum atomic E-state index is 0.209. The highest BCUT2D eigenvalue weighted by molar-refractivity contribution is 5.74. The van der Waals surface area contributed by atoms with Gasteiger partial charge in [0, 0.05) is 5.56 Å². The molecule has 0 heterocycles. The van der Waals surface area contributed by atoms with Gasteiger partial charge in [0.2, 0.25) is 0 Å². The normalized spacial score (nSPS) is 10.4. The lowest BCUT2D eigenvalue weighted by Gasteiger charge is -2.09. The van der Waals surface area contributed by atoms with Crippen LogP contribution < -0.4 is 0 Å². The molecule has 2 N–H and O–H groups in total. The van der Waals surface area contributed by atoms with E-state index < -0.39 is 0 Å². The summed E-state index contributed by atoms with van der Waals surface area (Å²) >= 11 is 0. The van der Waals surface area contributed by atoms with Gasteiger partial charge < -0.3 is 10.2 Å². The van der Waals surface area contributed by atoms with Crippen LogP contribution in [0, 0.1) is 13.8 Å².